The van der Waals surface area contributed by atoms with Crippen LogP contribution in [-0.2, 0) is 32.7 Å². The van der Waals surface area contributed by atoms with E-state index in [2.05, 4.69) is 32.1 Å². The minimum absolute atomic E-state index is 0.0314. The molecule has 0 spiro atoms. The van der Waals surface area contributed by atoms with Crippen LogP contribution in [0.15, 0.2) is 60.8 Å². The van der Waals surface area contributed by atoms with E-state index in [9.17, 15) is 54.8 Å². The number of rotatable bonds is 35. The van der Waals surface area contributed by atoms with E-state index in [4.69, 9.17) is 18.5 Å². The number of allylic oxidation sites excluding steroid dienone is 7. The largest absolute Gasteiger partial charge is 0.472 e. The van der Waals surface area contributed by atoms with Crippen molar-refractivity contribution in [3.05, 3.63) is 60.8 Å². The van der Waals surface area contributed by atoms with Gasteiger partial charge in [-0.25, -0.2) is 4.57 Å². The Morgan fingerprint density at radius 2 is 1.08 bits per heavy atom. The van der Waals surface area contributed by atoms with E-state index in [0.29, 0.717) is 12.8 Å². The average molecular weight is 889 g/mol. The molecule has 0 amide bonds. The molecule has 1 fully saturated rings. The second kappa shape index (κ2) is 34.9. The summed E-state index contributed by atoms with van der Waals surface area (Å²) in [5.74, 6) is -1.36. The lowest BCUT2D eigenvalue weighted by molar-refractivity contribution is -0.220. The van der Waals surface area contributed by atoms with Crippen LogP contribution in [-0.4, -0.2) is 121 Å². The number of aliphatic hydroxyl groups is 7. The first kappa shape index (κ1) is 56.5. The Morgan fingerprint density at radius 3 is 1.70 bits per heavy atom. The van der Waals surface area contributed by atoms with E-state index in [1.807, 2.05) is 6.08 Å². The molecule has 8 N–H and O–H groups in total. The normalized spacial score (nSPS) is 23.6. The van der Waals surface area contributed by atoms with E-state index >= 15 is 0 Å². The Hall–Kier alpha value is -2.53. The first-order valence-corrected chi connectivity index (χ1v) is 23.8. The maximum atomic E-state index is 12.8. The molecule has 3 unspecified atom stereocenters. The van der Waals surface area contributed by atoms with Crippen LogP contribution in [0.4, 0.5) is 0 Å². The van der Waals surface area contributed by atoms with Crippen LogP contribution in [0.5, 0.6) is 0 Å². The molecule has 16 heteroatoms. The van der Waals surface area contributed by atoms with Crippen LogP contribution in [0.2, 0.25) is 0 Å². The van der Waals surface area contributed by atoms with Gasteiger partial charge < -0.3 is 50.1 Å². The van der Waals surface area contributed by atoms with Crippen LogP contribution in [0.25, 0.3) is 0 Å². The molecular weight excluding hydrogens is 811 g/mol. The summed E-state index contributed by atoms with van der Waals surface area (Å²) >= 11 is 0. The average Bonchev–Trinajstić information content (AvgIpc) is 3.23. The van der Waals surface area contributed by atoms with Crippen molar-refractivity contribution < 1.29 is 73.3 Å². The van der Waals surface area contributed by atoms with Crippen LogP contribution in [0.3, 0.4) is 0 Å². The van der Waals surface area contributed by atoms with E-state index in [1.54, 1.807) is 36.5 Å². The molecule has 0 heterocycles. The Kier molecular flexibility index (Phi) is 32.3. The molecule has 0 saturated heterocycles. The Bertz CT molecular complexity index is 1330. The van der Waals surface area contributed by atoms with Crippen molar-refractivity contribution in [1.82, 2.24) is 0 Å². The van der Waals surface area contributed by atoms with E-state index in [-0.39, 0.29) is 25.7 Å². The zero-order chi connectivity index (χ0) is 45.3. The highest BCUT2D eigenvalue weighted by atomic mass is 31.2. The number of hydrogen-bond acceptors (Lipinski definition) is 14. The Morgan fingerprint density at radius 1 is 0.590 bits per heavy atom. The van der Waals surface area contributed by atoms with Gasteiger partial charge in [0.2, 0.25) is 0 Å². The SMILES string of the molecule is CCCCC/C=C\C[C@@H](O)/C=C/C=C/C=C\[C@@H](O)CCCC(=O)OC[C@H](COP(=O)(O)OC1[C@H](O)[C@H](O)C(O)[C@H](O)[C@H]1O)OC(=O)CCCCCCC/C=C\CCCCCC. The van der Waals surface area contributed by atoms with Crippen molar-refractivity contribution >= 4 is 19.8 Å². The molecule has 15 nitrogen and oxygen atoms in total. The fraction of sp³-hybridized carbons (Fsp3) is 0.733. The van der Waals surface area contributed by atoms with Crippen LogP contribution >= 0.6 is 7.82 Å². The maximum Gasteiger partial charge on any atom is 0.472 e. The molecule has 0 aromatic rings. The van der Waals surface area contributed by atoms with E-state index < -0.39 is 87.9 Å². The summed E-state index contributed by atoms with van der Waals surface area (Å²) in [7, 11) is -5.18. The summed E-state index contributed by atoms with van der Waals surface area (Å²) < 4.78 is 33.3. The van der Waals surface area contributed by atoms with Gasteiger partial charge in [-0.05, 0) is 64.2 Å². The van der Waals surface area contributed by atoms with Gasteiger partial charge >= 0.3 is 19.8 Å². The molecule has 1 rings (SSSR count). The fourth-order valence-corrected chi connectivity index (χ4v) is 7.27. The molecule has 0 aliphatic heterocycles. The summed E-state index contributed by atoms with van der Waals surface area (Å²) in [4.78, 5) is 35.6. The van der Waals surface area contributed by atoms with Crippen molar-refractivity contribution in [1.29, 1.82) is 0 Å². The third-order valence-corrected chi connectivity index (χ3v) is 11.0. The topological polar surface area (TPSA) is 250 Å². The van der Waals surface area contributed by atoms with Crippen molar-refractivity contribution in [3.8, 4) is 0 Å². The van der Waals surface area contributed by atoms with E-state index in [0.717, 1.165) is 51.4 Å². The summed E-state index contributed by atoms with van der Waals surface area (Å²) in [5.41, 5.74) is 0. The Labute approximate surface area is 363 Å². The number of carbonyl (C=O) groups is 2. The monoisotopic (exact) mass is 889 g/mol. The second-order valence-corrected chi connectivity index (χ2v) is 17.0. The molecule has 0 aromatic carbocycles. The van der Waals surface area contributed by atoms with Crippen molar-refractivity contribution in [3.63, 3.8) is 0 Å². The number of carbonyl (C=O) groups excluding carboxylic acids is 2. The quantitative estimate of drug-likeness (QED) is 0.0118. The zero-order valence-corrected chi connectivity index (χ0v) is 37.3. The van der Waals surface area contributed by atoms with Gasteiger partial charge in [0.05, 0.1) is 18.8 Å². The molecule has 0 radical (unpaired) electrons. The molecule has 352 valence electrons. The number of hydrogen-bond donors (Lipinski definition) is 8. The lowest BCUT2D eigenvalue weighted by Gasteiger charge is -2.41. The van der Waals surface area contributed by atoms with Crippen molar-refractivity contribution in [2.45, 2.75) is 197 Å². The molecule has 61 heavy (non-hydrogen) atoms. The number of phosphoric ester groups is 1. The third kappa shape index (κ3) is 28.0. The molecule has 0 bridgehead atoms. The minimum Gasteiger partial charge on any atom is -0.462 e. The van der Waals surface area contributed by atoms with Gasteiger partial charge in [-0.15, -0.1) is 0 Å². The molecular formula is C45H77O15P. The molecule has 0 aromatic heterocycles. The fourth-order valence-electron chi connectivity index (χ4n) is 6.30. The number of ether oxygens (including phenoxy) is 2. The maximum absolute atomic E-state index is 12.8. The van der Waals surface area contributed by atoms with Gasteiger partial charge in [0.15, 0.2) is 6.10 Å². The van der Waals surface area contributed by atoms with Gasteiger partial charge in [0.1, 0.15) is 43.2 Å². The van der Waals surface area contributed by atoms with Gasteiger partial charge in [0.25, 0.3) is 0 Å². The van der Waals surface area contributed by atoms with Crippen molar-refractivity contribution in [2.75, 3.05) is 13.2 Å². The van der Waals surface area contributed by atoms with Crippen LogP contribution in [0.1, 0.15) is 142 Å². The standard InChI is InChI=1S/C45H77O15P/c1-3-5-7-9-11-12-13-14-15-16-17-19-25-31-39(49)59-37(34-58-61(55,56)60-45-43(53)41(51)40(50)42(52)44(45)54)33-57-38(48)32-26-30-36(47)29-24-21-20-23-28-35(46)27-22-18-10-8-6-4-2/h12-13,18,20-24,28-29,35-37,40-47,50-54H,3-11,14-17,19,25-27,30-34H2,1-2H3,(H,55,56)/b13-12-,21-20+,22-18-,28-23+,29-24-/t35-,36-,37-,40?,41-,42+,43-,44-,45?/m1/s1. The van der Waals surface area contributed by atoms with Gasteiger partial charge in [0, 0.05) is 12.8 Å². The lowest BCUT2D eigenvalue weighted by Crippen LogP contribution is -2.64. The van der Waals surface area contributed by atoms with Crippen molar-refractivity contribution in [2.24, 2.45) is 0 Å². The van der Waals surface area contributed by atoms with Crippen LogP contribution in [0, 0.1) is 0 Å². The third-order valence-electron chi connectivity index (χ3n) is 10.0. The number of unbranched alkanes of at least 4 members (excludes halogenated alkanes) is 12. The highest BCUT2D eigenvalue weighted by Gasteiger charge is 2.51. The second-order valence-electron chi connectivity index (χ2n) is 15.6. The highest BCUT2D eigenvalue weighted by molar-refractivity contribution is 7.47. The zero-order valence-electron chi connectivity index (χ0n) is 36.4. The summed E-state index contributed by atoms with van der Waals surface area (Å²) in [5, 5.41) is 70.4. The predicted octanol–water partition coefficient (Wildman–Crippen LogP) is 6.11. The molecule has 10 atom stereocenters. The molecule has 1 aliphatic carbocycles. The van der Waals surface area contributed by atoms with Gasteiger partial charge in [-0.2, -0.15) is 0 Å². The van der Waals surface area contributed by atoms with Gasteiger partial charge in [-0.1, -0.05) is 126 Å². The van der Waals surface area contributed by atoms with E-state index in [1.165, 1.54) is 38.5 Å². The number of aliphatic hydroxyl groups excluding tert-OH is 7. The smallest absolute Gasteiger partial charge is 0.462 e. The summed E-state index contributed by atoms with van der Waals surface area (Å²) in [6, 6.07) is 0. The summed E-state index contributed by atoms with van der Waals surface area (Å²) in [6.07, 6.45) is 20.4. The number of phosphoric acid groups is 1. The van der Waals surface area contributed by atoms with Crippen LogP contribution < -0.4 is 0 Å². The predicted molar refractivity (Wildman–Crippen MR) is 233 cm³/mol. The highest BCUT2D eigenvalue weighted by Crippen LogP contribution is 2.47. The Balaban J connectivity index is 2.61. The first-order chi connectivity index (χ1) is 29.2. The molecule has 1 aliphatic rings. The molecule has 1 saturated carbocycles. The number of esters is 2. The minimum atomic E-state index is -5.18. The van der Waals surface area contributed by atoms with Gasteiger partial charge in [-0.3, -0.25) is 18.6 Å². The lowest BCUT2D eigenvalue weighted by atomic mass is 9.85. The summed E-state index contributed by atoms with van der Waals surface area (Å²) in [6.45, 7) is 2.98. The first-order valence-electron chi connectivity index (χ1n) is 22.3.